The summed E-state index contributed by atoms with van der Waals surface area (Å²) in [5.41, 5.74) is 0. The monoisotopic (exact) mass is 197 g/mol. The molecule has 1 N–H and O–H groups in total. The zero-order valence-corrected chi connectivity index (χ0v) is 8.90. The highest BCUT2D eigenvalue weighted by molar-refractivity contribution is 7.11. The lowest BCUT2D eigenvalue weighted by atomic mass is 10.3. The molecule has 1 unspecified atom stereocenters. The van der Waals surface area contributed by atoms with Crippen molar-refractivity contribution in [2.45, 2.75) is 32.2 Å². The first-order valence-electron chi connectivity index (χ1n) is 4.79. The van der Waals surface area contributed by atoms with Crippen LogP contribution in [0.25, 0.3) is 0 Å². The highest BCUT2D eigenvalue weighted by atomic mass is 32.1. The molecule has 2 rings (SSSR count). The molecule has 1 heterocycles. The van der Waals surface area contributed by atoms with E-state index in [0.29, 0.717) is 6.04 Å². The summed E-state index contributed by atoms with van der Waals surface area (Å²) in [6, 6.07) is 0.338. The van der Waals surface area contributed by atoms with Gasteiger partial charge < -0.3 is 5.32 Å². The molecule has 0 aromatic carbocycles. The summed E-state index contributed by atoms with van der Waals surface area (Å²) in [6.07, 6.45) is 3.92. The second kappa shape index (κ2) is 3.72. The Morgan fingerprint density at radius 2 is 2.31 bits per heavy atom. The SMILES string of the molecule is CNC(C)c1nnc(CC2CC2)s1. The van der Waals surface area contributed by atoms with Crippen molar-refractivity contribution in [1.82, 2.24) is 15.5 Å². The van der Waals surface area contributed by atoms with Crippen molar-refractivity contribution in [3.63, 3.8) is 0 Å². The summed E-state index contributed by atoms with van der Waals surface area (Å²) >= 11 is 1.75. The number of nitrogens with one attached hydrogen (secondary N) is 1. The molecule has 0 spiro atoms. The van der Waals surface area contributed by atoms with E-state index in [-0.39, 0.29) is 0 Å². The molecule has 0 saturated heterocycles. The van der Waals surface area contributed by atoms with E-state index in [1.807, 2.05) is 7.05 Å². The Bertz CT molecular complexity index is 280. The Labute approximate surface area is 82.6 Å². The molecular weight excluding hydrogens is 182 g/mol. The summed E-state index contributed by atoms with van der Waals surface area (Å²) in [7, 11) is 1.95. The van der Waals surface area contributed by atoms with Gasteiger partial charge in [-0.25, -0.2) is 0 Å². The van der Waals surface area contributed by atoms with E-state index in [4.69, 9.17) is 0 Å². The Kier molecular flexibility index (Phi) is 2.60. The molecule has 0 aliphatic heterocycles. The maximum atomic E-state index is 4.19. The smallest absolute Gasteiger partial charge is 0.134 e. The van der Waals surface area contributed by atoms with Gasteiger partial charge in [0.1, 0.15) is 10.0 Å². The molecule has 0 amide bonds. The first-order chi connectivity index (χ1) is 6.29. The van der Waals surface area contributed by atoms with Gasteiger partial charge in [0, 0.05) is 6.42 Å². The minimum atomic E-state index is 0.338. The van der Waals surface area contributed by atoms with Crippen LogP contribution in [-0.4, -0.2) is 17.2 Å². The molecule has 1 aromatic heterocycles. The maximum absolute atomic E-state index is 4.19. The summed E-state index contributed by atoms with van der Waals surface area (Å²) < 4.78 is 0. The van der Waals surface area contributed by atoms with Gasteiger partial charge in [0.05, 0.1) is 6.04 Å². The van der Waals surface area contributed by atoms with E-state index in [1.165, 1.54) is 17.8 Å². The van der Waals surface area contributed by atoms with Crippen LogP contribution in [0.5, 0.6) is 0 Å². The summed E-state index contributed by atoms with van der Waals surface area (Å²) in [6.45, 7) is 2.11. The zero-order chi connectivity index (χ0) is 9.26. The summed E-state index contributed by atoms with van der Waals surface area (Å²) in [4.78, 5) is 0. The van der Waals surface area contributed by atoms with Crippen molar-refractivity contribution in [2.75, 3.05) is 7.05 Å². The Morgan fingerprint density at radius 1 is 1.54 bits per heavy atom. The van der Waals surface area contributed by atoms with Gasteiger partial charge in [0.2, 0.25) is 0 Å². The fourth-order valence-electron chi connectivity index (χ4n) is 1.22. The van der Waals surface area contributed by atoms with Gasteiger partial charge in [-0.2, -0.15) is 0 Å². The highest BCUT2D eigenvalue weighted by Gasteiger charge is 2.23. The maximum Gasteiger partial charge on any atom is 0.134 e. The van der Waals surface area contributed by atoms with Crippen molar-refractivity contribution < 1.29 is 0 Å². The number of hydrogen-bond acceptors (Lipinski definition) is 4. The normalized spacial score (nSPS) is 18.9. The van der Waals surface area contributed by atoms with Gasteiger partial charge in [-0.05, 0) is 32.7 Å². The van der Waals surface area contributed by atoms with Crippen LogP contribution in [0.4, 0.5) is 0 Å². The van der Waals surface area contributed by atoms with Crippen molar-refractivity contribution in [1.29, 1.82) is 0 Å². The van der Waals surface area contributed by atoms with Crippen molar-refractivity contribution >= 4 is 11.3 Å². The van der Waals surface area contributed by atoms with Crippen molar-refractivity contribution in [3.8, 4) is 0 Å². The molecule has 13 heavy (non-hydrogen) atoms. The topological polar surface area (TPSA) is 37.8 Å². The molecule has 0 bridgehead atoms. The minimum absolute atomic E-state index is 0.338. The molecule has 1 aliphatic rings. The summed E-state index contributed by atoms with van der Waals surface area (Å²) in [5.74, 6) is 0.908. The quantitative estimate of drug-likeness (QED) is 0.799. The molecule has 1 fully saturated rings. The van der Waals surface area contributed by atoms with Crippen LogP contribution >= 0.6 is 11.3 Å². The average Bonchev–Trinajstić information content (AvgIpc) is 2.81. The lowest BCUT2D eigenvalue weighted by Gasteiger charge is -2.02. The third-order valence-corrected chi connectivity index (χ3v) is 3.57. The third kappa shape index (κ3) is 2.25. The standard InChI is InChI=1S/C9H15N3S/c1-6(10-2)9-12-11-8(13-9)5-7-3-4-7/h6-7,10H,3-5H2,1-2H3. The largest absolute Gasteiger partial charge is 0.311 e. The molecule has 0 radical (unpaired) electrons. The second-order valence-corrected chi connectivity index (χ2v) is 4.79. The molecule has 1 aromatic rings. The van der Waals surface area contributed by atoms with E-state index in [9.17, 15) is 0 Å². The Morgan fingerprint density at radius 3 is 2.92 bits per heavy atom. The predicted octanol–water partition coefficient (Wildman–Crippen LogP) is 1.77. The fourth-order valence-corrected chi connectivity index (χ4v) is 2.23. The third-order valence-electron chi connectivity index (χ3n) is 2.45. The van der Waals surface area contributed by atoms with E-state index in [1.54, 1.807) is 11.3 Å². The van der Waals surface area contributed by atoms with Crippen molar-refractivity contribution in [3.05, 3.63) is 10.0 Å². The van der Waals surface area contributed by atoms with E-state index < -0.39 is 0 Å². The zero-order valence-electron chi connectivity index (χ0n) is 8.08. The molecule has 1 atom stereocenters. The van der Waals surface area contributed by atoms with Crippen LogP contribution in [0.15, 0.2) is 0 Å². The number of aromatic nitrogens is 2. The highest BCUT2D eigenvalue weighted by Crippen LogP contribution is 2.33. The van der Waals surface area contributed by atoms with Gasteiger partial charge in [-0.1, -0.05) is 11.3 Å². The van der Waals surface area contributed by atoms with E-state index in [2.05, 4.69) is 22.4 Å². The van der Waals surface area contributed by atoms with Crippen LogP contribution < -0.4 is 5.32 Å². The van der Waals surface area contributed by atoms with E-state index >= 15 is 0 Å². The molecule has 1 saturated carbocycles. The molecule has 4 heteroatoms. The van der Waals surface area contributed by atoms with E-state index in [0.717, 1.165) is 17.3 Å². The minimum Gasteiger partial charge on any atom is -0.311 e. The van der Waals surface area contributed by atoms with Gasteiger partial charge in [-0.3, -0.25) is 0 Å². The van der Waals surface area contributed by atoms with Gasteiger partial charge in [0.15, 0.2) is 0 Å². The van der Waals surface area contributed by atoms with Crippen LogP contribution in [0, 0.1) is 5.92 Å². The number of rotatable bonds is 4. The molecule has 72 valence electrons. The molecule has 1 aliphatic carbocycles. The molecular formula is C9H15N3S. The van der Waals surface area contributed by atoms with Crippen molar-refractivity contribution in [2.24, 2.45) is 5.92 Å². The lowest BCUT2D eigenvalue weighted by molar-refractivity contribution is 0.639. The Hall–Kier alpha value is -0.480. The van der Waals surface area contributed by atoms with Gasteiger partial charge in [-0.15, -0.1) is 10.2 Å². The van der Waals surface area contributed by atoms with Crippen LogP contribution in [0.2, 0.25) is 0 Å². The molecule has 3 nitrogen and oxygen atoms in total. The summed E-state index contributed by atoms with van der Waals surface area (Å²) in [5, 5.41) is 13.9. The van der Waals surface area contributed by atoms with Gasteiger partial charge >= 0.3 is 0 Å². The average molecular weight is 197 g/mol. The van der Waals surface area contributed by atoms with Crippen LogP contribution in [-0.2, 0) is 6.42 Å². The Balaban J connectivity index is 1.99. The second-order valence-electron chi connectivity index (χ2n) is 3.69. The first kappa shape index (κ1) is 9.09. The van der Waals surface area contributed by atoms with Crippen LogP contribution in [0.1, 0.15) is 35.8 Å². The van der Waals surface area contributed by atoms with Gasteiger partial charge in [0.25, 0.3) is 0 Å². The predicted molar refractivity (Wildman–Crippen MR) is 53.8 cm³/mol. The fraction of sp³-hybridized carbons (Fsp3) is 0.778. The number of hydrogen-bond donors (Lipinski definition) is 1. The van der Waals surface area contributed by atoms with Crippen LogP contribution in [0.3, 0.4) is 0 Å². The lowest BCUT2D eigenvalue weighted by Crippen LogP contribution is -2.11. The number of nitrogens with zero attached hydrogens (tertiary/aromatic N) is 2. The first-order valence-corrected chi connectivity index (χ1v) is 5.60.